The molecule has 0 amide bonds. The SMILES string of the molecule is C/C=C(\c1ccccc1OCC(O)CNC(C)(C)C)n1ccnc1. The zero-order valence-electron chi connectivity index (χ0n) is 14.9. The number of nitrogens with one attached hydrogen (secondary N) is 1. The molecule has 2 N–H and O–H groups in total. The Hall–Kier alpha value is -2.11. The second-order valence-corrected chi connectivity index (χ2v) is 6.74. The Balaban J connectivity index is 2.07. The van der Waals surface area contributed by atoms with E-state index >= 15 is 0 Å². The molecular weight excluding hydrogens is 302 g/mol. The van der Waals surface area contributed by atoms with Crippen LogP contribution in [0.5, 0.6) is 5.75 Å². The summed E-state index contributed by atoms with van der Waals surface area (Å²) < 4.78 is 7.82. The summed E-state index contributed by atoms with van der Waals surface area (Å²) in [5.74, 6) is 0.745. The normalized spacial score (nSPS) is 13.8. The van der Waals surface area contributed by atoms with Gasteiger partial charge in [0.15, 0.2) is 0 Å². The summed E-state index contributed by atoms with van der Waals surface area (Å²) >= 11 is 0. The molecule has 0 radical (unpaired) electrons. The lowest BCUT2D eigenvalue weighted by atomic mass is 10.1. The zero-order valence-corrected chi connectivity index (χ0v) is 14.9. The summed E-state index contributed by atoms with van der Waals surface area (Å²) in [6, 6.07) is 7.82. The predicted molar refractivity (Wildman–Crippen MR) is 97.0 cm³/mol. The van der Waals surface area contributed by atoms with Crippen molar-refractivity contribution in [3.8, 4) is 5.75 Å². The minimum Gasteiger partial charge on any atom is -0.490 e. The fourth-order valence-corrected chi connectivity index (χ4v) is 2.32. The van der Waals surface area contributed by atoms with Gasteiger partial charge in [0.05, 0.1) is 12.0 Å². The summed E-state index contributed by atoms with van der Waals surface area (Å²) in [5.41, 5.74) is 1.93. The summed E-state index contributed by atoms with van der Waals surface area (Å²) in [7, 11) is 0. The number of aromatic nitrogens is 2. The molecule has 24 heavy (non-hydrogen) atoms. The van der Waals surface area contributed by atoms with Gasteiger partial charge in [-0.2, -0.15) is 0 Å². The average molecular weight is 329 g/mol. The largest absolute Gasteiger partial charge is 0.490 e. The number of aliphatic hydroxyl groups excluding tert-OH is 1. The Labute approximate surface area is 144 Å². The van der Waals surface area contributed by atoms with Crippen LogP contribution in [-0.2, 0) is 0 Å². The fraction of sp³-hybridized carbons (Fsp3) is 0.421. The van der Waals surface area contributed by atoms with Crippen molar-refractivity contribution >= 4 is 5.70 Å². The third-order valence-electron chi connectivity index (χ3n) is 3.52. The molecule has 1 unspecified atom stereocenters. The van der Waals surface area contributed by atoms with E-state index in [1.165, 1.54) is 0 Å². The number of hydrogen-bond acceptors (Lipinski definition) is 4. The van der Waals surface area contributed by atoms with E-state index in [4.69, 9.17) is 4.74 Å². The molecule has 1 aromatic carbocycles. The van der Waals surface area contributed by atoms with Crippen LogP contribution in [0, 0.1) is 0 Å². The van der Waals surface area contributed by atoms with Crippen molar-refractivity contribution in [3.05, 3.63) is 54.6 Å². The average Bonchev–Trinajstić information content (AvgIpc) is 3.06. The van der Waals surface area contributed by atoms with Crippen LogP contribution in [0.4, 0.5) is 0 Å². The van der Waals surface area contributed by atoms with Gasteiger partial charge in [-0.1, -0.05) is 18.2 Å². The minimum absolute atomic E-state index is 0.0293. The van der Waals surface area contributed by atoms with E-state index in [-0.39, 0.29) is 12.1 Å². The van der Waals surface area contributed by atoms with Crippen LogP contribution in [0.2, 0.25) is 0 Å². The van der Waals surface area contributed by atoms with Gasteiger partial charge in [0.1, 0.15) is 18.5 Å². The lowest BCUT2D eigenvalue weighted by Gasteiger charge is -2.23. The molecule has 0 saturated heterocycles. The van der Waals surface area contributed by atoms with Crippen molar-refractivity contribution < 1.29 is 9.84 Å². The second kappa shape index (κ2) is 8.13. The molecule has 0 aliphatic heterocycles. The van der Waals surface area contributed by atoms with Gasteiger partial charge in [-0.25, -0.2) is 4.98 Å². The van der Waals surface area contributed by atoms with Crippen molar-refractivity contribution in [3.63, 3.8) is 0 Å². The summed E-state index contributed by atoms with van der Waals surface area (Å²) in [6.45, 7) is 8.91. The smallest absolute Gasteiger partial charge is 0.128 e. The molecule has 1 heterocycles. The number of imidazole rings is 1. The molecule has 5 heteroatoms. The van der Waals surface area contributed by atoms with Crippen LogP contribution >= 0.6 is 0 Å². The van der Waals surface area contributed by atoms with Crippen LogP contribution in [0.3, 0.4) is 0 Å². The van der Waals surface area contributed by atoms with Crippen LogP contribution in [0.15, 0.2) is 49.1 Å². The first-order valence-electron chi connectivity index (χ1n) is 8.20. The molecule has 2 rings (SSSR count). The number of nitrogens with zero attached hydrogens (tertiary/aromatic N) is 2. The Kier molecular flexibility index (Phi) is 6.17. The minimum atomic E-state index is -0.570. The molecular formula is C19H27N3O2. The van der Waals surface area contributed by atoms with Gasteiger partial charge in [-0.15, -0.1) is 0 Å². The van der Waals surface area contributed by atoms with Crippen LogP contribution in [0.25, 0.3) is 5.70 Å². The quantitative estimate of drug-likeness (QED) is 0.820. The second-order valence-electron chi connectivity index (χ2n) is 6.74. The van der Waals surface area contributed by atoms with Crippen LogP contribution < -0.4 is 10.1 Å². The Morgan fingerprint density at radius 1 is 1.38 bits per heavy atom. The molecule has 5 nitrogen and oxygen atoms in total. The fourth-order valence-electron chi connectivity index (χ4n) is 2.32. The molecule has 0 aliphatic carbocycles. The summed E-state index contributed by atoms with van der Waals surface area (Å²) in [6.07, 6.45) is 6.85. The van der Waals surface area contributed by atoms with E-state index in [0.29, 0.717) is 6.54 Å². The van der Waals surface area contributed by atoms with Crippen molar-refractivity contribution in [2.75, 3.05) is 13.2 Å². The maximum atomic E-state index is 10.1. The van der Waals surface area contributed by atoms with Gasteiger partial charge < -0.3 is 19.7 Å². The van der Waals surface area contributed by atoms with E-state index in [9.17, 15) is 5.11 Å². The number of hydrogen-bond donors (Lipinski definition) is 2. The van der Waals surface area contributed by atoms with Crippen molar-refractivity contribution in [2.45, 2.75) is 39.3 Å². The molecule has 1 atom stereocenters. The number of ether oxygens (including phenoxy) is 1. The first-order chi connectivity index (χ1) is 11.4. The highest BCUT2D eigenvalue weighted by Crippen LogP contribution is 2.27. The molecule has 2 aromatic rings. The molecule has 1 aromatic heterocycles. The van der Waals surface area contributed by atoms with Gasteiger partial charge in [-0.05, 0) is 39.8 Å². The first kappa shape index (κ1) is 18.2. The van der Waals surface area contributed by atoms with Crippen molar-refractivity contribution in [1.29, 1.82) is 0 Å². The van der Waals surface area contributed by atoms with Gasteiger partial charge in [-0.3, -0.25) is 0 Å². The first-order valence-corrected chi connectivity index (χ1v) is 8.20. The van der Waals surface area contributed by atoms with Crippen molar-refractivity contribution in [1.82, 2.24) is 14.9 Å². The summed E-state index contributed by atoms with van der Waals surface area (Å²) in [5, 5.41) is 13.4. The van der Waals surface area contributed by atoms with Gasteiger partial charge in [0.2, 0.25) is 0 Å². The Bertz CT molecular complexity index is 658. The lowest BCUT2D eigenvalue weighted by Crippen LogP contribution is -2.42. The molecule has 0 fully saturated rings. The maximum Gasteiger partial charge on any atom is 0.128 e. The molecule has 0 saturated carbocycles. The van der Waals surface area contributed by atoms with Crippen LogP contribution in [-0.4, -0.2) is 39.5 Å². The number of benzene rings is 1. The summed E-state index contributed by atoms with van der Waals surface area (Å²) in [4.78, 5) is 4.10. The van der Waals surface area contributed by atoms with Gasteiger partial charge in [0.25, 0.3) is 0 Å². The van der Waals surface area contributed by atoms with E-state index in [0.717, 1.165) is 17.0 Å². The van der Waals surface area contributed by atoms with E-state index in [2.05, 4.69) is 31.1 Å². The monoisotopic (exact) mass is 329 g/mol. The molecule has 0 spiro atoms. The number of β-amino-alcohol motifs (C(OH)–C–C–N with tert-alkyl or cyclic N) is 1. The predicted octanol–water partition coefficient (Wildman–Crippen LogP) is 2.92. The number of para-hydroxylation sites is 1. The van der Waals surface area contributed by atoms with Gasteiger partial charge in [0, 0.05) is 30.0 Å². The van der Waals surface area contributed by atoms with E-state index in [1.807, 2.05) is 48.0 Å². The highest BCUT2D eigenvalue weighted by Gasteiger charge is 2.14. The maximum absolute atomic E-state index is 10.1. The molecule has 130 valence electrons. The number of aliphatic hydroxyl groups is 1. The lowest BCUT2D eigenvalue weighted by molar-refractivity contribution is 0.0999. The van der Waals surface area contributed by atoms with Gasteiger partial charge >= 0.3 is 0 Å². The highest BCUT2D eigenvalue weighted by atomic mass is 16.5. The highest BCUT2D eigenvalue weighted by molar-refractivity contribution is 5.70. The molecule has 0 aliphatic rings. The standard InChI is InChI=1S/C19H27N3O2/c1-5-17(22-11-10-20-14-22)16-8-6-7-9-18(16)24-13-15(23)12-21-19(2,3)4/h5-11,14-15,21,23H,12-13H2,1-4H3/b17-5+. The third kappa shape index (κ3) is 5.22. The van der Waals surface area contributed by atoms with E-state index < -0.39 is 6.10 Å². The van der Waals surface area contributed by atoms with Crippen LogP contribution in [0.1, 0.15) is 33.3 Å². The topological polar surface area (TPSA) is 59.3 Å². The third-order valence-corrected chi connectivity index (χ3v) is 3.52. The Morgan fingerprint density at radius 3 is 2.75 bits per heavy atom. The van der Waals surface area contributed by atoms with E-state index in [1.54, 1.807) is 12.5 Å². The Morgan fingerprint density at radius 2 is 2.12 bits per heavy atom. The number of rotatable bonds is 7. The number of allylic oxidation sites excluding steroid dienone is 1. The zero-order chi connectivity index (χ0) is 17.6. The molecule has 0 bridgehead atoms. The van der Waals surface area contributed by atoms with Crippen molar-refractivity contribution in [2.24, 2.45) is 0 Å².